The average molecular weight is 161 g/mol. The summed E-state index contributed by atoms with van der Waals surface area (Å²) in [6.45, 7) is 3.71. The molecular weight excluding hydrogens is 146 g/mol. The van der Waals surface area contributed by atoms with E-state index >= 15 is 0 Å². The van der Waals surface area contributed by atoms with Crippen LogP contribution >= 0.6 is 0 Å². The molecule has 4 nitrogen and oxygen atoms in total. The zero-order chi connectivity index (χ0) is 9.02. The lowest BCUT2D eigenvalue weighted by molar-refractivity contribution is -0.148. The SMILES string of the molecule is CN[C@@H](C(C)C)C(O)C(=O)O. The van der Waals surface area contributed by atoms with Gasteiger partial charge < -0.3 is 15.5 Å². The molecule has 0 saturated heterocycles. The van der Waals surface area contributed by atoms with Crippen molar-refractivity contribution >= 4 is 5.97 Å². The Kier molecular flexibility index (Phi) is 4.07. The second kappa shape index (κ2) is 4.31. The Labute approximate surface area is 66.2 Å². The van der Waals surface area contributed by atoms with Crippen molar-refractivity contribution in [2.24, 2.45) is 5.92 Å². The number of aliphatic carboxylic acids is 1. The molecule has 0 aromatic carbocycles. The maximum absolute atomic E-state index is 10.3. The Bertz CT molecular complexity index is 136. The van der Waals surface area contributed by atoms with E-state index in [4.69, 9.17) is 10.2 Å². The number of carboxylic acid groups (broad SMARTS) is 1. The van der Waals surface area contributed by atoms with E-state index in [0.717, 1.165) is 0 Å². The molecule has 0 aliphatic heterocycles. The van der Waals surface area contributed by atoms with E-state index in [-0.39, 0.29) is 12.0 Å². The third-order valence-corrected chi connectivity index (χ3v) is 1.64. The normalized spacial score (nSPS) is 16.5. The van der Waals surface area contributed by atoms with Crippen molar-refractivity contribution in [1.29, 1.82) is 0 Å². The van der Waals surface area contributed by atoms with Gasteiger partial charge in [-0.15, -0.1) is 0 Å². The van der Waals surface area contributed by atoms with Gasteiger partial charge in [0.2, 0.25) is 0 Å². The summed E-state index contributed by atoms with van der Waals surface area (Å²) in [4.78, 5) is 10.3. The quantitative estimate of drug-likeness (QED) is 0.528. The van der Waals surface area contributed by atoms with Crippen LogP contribution in [0.4, 0.5) is 0 Å². The summed E-state index contributed by atoms with van der Waals surface area (Å²) in [5.41, 5.74) is 0. The van der Waals surface area contributed by atoms with Gasteiger partial charge in [0.05, 0.1) is 0 Å². The monoisotopic (exact) mass is 161 g/mol. The van der Waals surface area contributed by atoms with Crippen LogP contribution in [-0.2, 0) is 4.79 Å². The van der Waals surface area contributed by atoms with Crippen LogP contribution in [0, 0.1) is 5.92 Å². The van der Waals surface area contributed by atoms with Crippen LogP contribution in [0.15, 0.2) is 0 Å². The maximum Gasteiger partial charge on any atom is 0.334 e. The Balaban J connectivity index is 4.13. The summed E-state index contributed by atoms with van der Waals surface area (Å²) in [6.07, 6.45) is -1.32. The number of aliphatic hydroxyl groups excluding tert-OH is 1. The first-order chi connectivity index (χ1) is 5.00. The highest BCUT2D eigenvalue weighted by atomic mass is 16.4. The third-order valence-electron chi connectivity index (χ3n) is 1.64. The third kappa shape index (κ3) is 2.86. The van der Waals surface area contributed by atoms with Gasteiger partial charge in [-0.25, -0.2) is 4.79 Å². The molecule has 11 heavy (non-hydrogen) atoms. The van der Waals surface area contributed by atoms with Gasteiger partial charge in [0.25, 0.3) is 0 Å². The minimum Gasteiger partial charge on any atom is -0.479 e. The minimum absolute atomic E-state index is 0.103. The number of nitrogens with one attached hydrogen (secondary N) is 1. The van der Waals surface area contributed by atoms with Gasteiger partial charge in [0, 0.05) is 6.04 Å². The lowest BCUT2D eigenvalue weighted by atomic mass is 9.99. The fourth-order valence-corrected chi connectivity index (χ4v) is 1.01. The van der Waals surface area contributed by atoms with E-state index in [0.29, 0.717) is 0 Å². The largest absolute Gasteiger partial charge is 0.479 e. The lowest BCUT2D eigenvalue weighted by Crippen LogP contribution is -2.46. The molecule has 0 fully saturated rings. The molecule has 0 radical (unpaired) electrons. The van der Waals surface area contributed by atoms with Crippen molar-refractivity contribution < 1.29 is 15.0 Å². The minimum atomic E-state index is -1.32. The highest BCUT2D eigenvalue weighted by molar-refractivity contribution is 5.72. The molecule has 0 aliphatic carbocycles. The van der Waals surface area contributed by atoms with Crippen LogP contribution in [0.1, 0.15) is 13.8 Å². The van der Waals surface area contributed by atoms with Crippen molar-refractivity contribution in [1.82, 2.24) is 5.32 Å². The first-order valence-electron chi connectivity index (χ1n) is 3.58. The fraction of sp³-hybridized carbons (Fsp3) is 0.857. The fourth-order valence-electron chi connectivity index (χ4n) is 1.01. The number of likely N-dealkylation sites (N-methyl/N-ethyl adjacent to an activating group) is 1. The van der Waals surface area contributed by atoms with Gasteiger partial charge in [-0.2, -0.15) is 0 Å². The molecule has 0 spiro atoms. The van der Waals surface area contributed by atoms with Crippen molar-refractivity contribution in [3.05, 3.63) is 0 Å². The molecule has 4 heteroatoms. The molecule has 0 aromatic heterocycles. The Morgan fingerprint density at radius 3 is 2.00 bits per heavy atom. The average Bonchev–Trinajstić information content (AvgIpc) is 1.88. The number of hydrogen-bond donors (Lipinski definition) is 3. The first-order valence-corrected chi connectivity index (χ1v) is 3.58. The highest BCUT2D eigenvalue weighted by Gasteiger charge is 2.26. The summed E-state index contributed by atoms with van der Waals surface area (Å²) in [7, 11) is 1.64. The molecule has 3 N–H and O–H groups in total. The van der Waals surface area contributed by atoms with Gasteiger partial charge in [-0.1, -0.05) is 13.8 Å². The van der Waals surface area contributed by atoms with Crippen molar-refractivity contribution in [2.75, 3.05) is 7.05 Å². The van der Waals surface area contributed by atoms with Gasteiger partial charge in [-0.05, 0) is 13.0 Å². The van der Waals surface area contributed by atoms with Gasteiger partial charge >= 0.3 is 5.97 Å². The van der Waals surface area contributed by atoms with Gasteiger partial charge in [-0.3, -0.25) is 0 Å². The van der Waals surface area contributed by atoms with Crippen LogP contribution in [0.2, 0.25) is 0 Å². The summed E-state index contributed by atoms with van der Waals surface area (Å²) in [5, 5.41) is 20.3. The number of rotatable bonds is 4. The van der Waals surface area contributed by atoms with E-state index in [2.05, 4.69) is 5.32 Å². The van der Waals surface area contributed by atoms with Crippen molar-refractivity contribution in [3.63, 3.8) is 0 Å². The van der Waals surface area contributed by atoms with E-state index in [1.807, 2.05) is 13.8 Å². The second-order valence-electron chi connectivity index (χ2n) is 2.84. The number of carbonyl (C=O) groups is 1. The predicted octanol–water partition coefficient (Wildman–Crippen LogP) is -0.324. The van der Waals surface area contributed by atoms with E-state index < -0.39 is 12.1 Å². The van der Waals surface area contributed by atoms with Crippen LogP contribution in [0.3, 0.4) is 0 Å². The number of carboxylic acids is 1. The first kappa shape index (κ1) is 10.4. The highest BCUT2D eigenvalue weighted by Crippen LogP contribution is 2.05. The molecule has 0 heterocycles. The smallest absolute Gasteiger partial charge is 0.334 e. The predicted molar refractivity (Wildman–Crippen MR) is 41.3 cm³/mol. The lowest BCUT2D eigenvalue weighted by Gasteiger charge is -2.22. The summed E-state index contributed by atoms with van der Waals surface area (Å²) in [6, 6.07) is -0.382. The zero-order valence-corrected chi connectivity index (χ0v) is 7.03. The van der Waals surface area contributed by atoms with E-state index in [9.17, 15) is 4.79 Å². The molecule has 0 saturated carbocycles. The summed E-state index contributed by atoms with van der Waals surface area (Å²) >= 11 is 0. The van der Waals surface area contributed by atoms with E-state index in [1.165, 1.54) is 0 Å². The summed E-state index contributed by atoms with van der Waals surface area (Å²) < 4.78 is 0. The summed E-state index contributed by atoms with van der Waals surface area (Å²) in [5.74, 6) is -1.08. The molecule has 0 bridgehead atoms. The van der Waals surface area contributed by atoms with Crippen molar-refractivity contribution in [3.8, 4) is 0 Å². The second-order valence-corrected chi connectivity index (χ2v) is 2.84. The van der Waals surface area contributed by atoms with Crippen molar-refractivity contribution in [2.45, 2.75) is 26.0 Å². The van der Waals surface area contributed by atoms with Crippen LogP contribution in [0.5, 0.6) is 0 Å². The molecule has 66 valence electrons. The van der Waals surface area contributed by atoms with Crippen LogP contribution < -0.4 is 5.32 Å². The molecule has 0 aromatic rings. The van der Waals surface area contributed by atoms with Gasteiger partial charge in [0.15, 0.2) is 6.10 Å². The Morgan fingerprint density at radius 2 is 1.91 bits per heavy atom. The molecule has 1 unspecified atom stereocenters. The molecule has 2 atom stereocenters. The number of hydrogen-bond acceptors (Lipinski definition) is 3. The molecular formula is C7H15NO3. The Morgan fingerprint density at radius 1 is 1.45 bits per heavy atom. The zero-order valence-electron chi connectivity index (χ0n) is 7.03. The molecule has 0 rings (SSSR count). The standard InChI is InChI=1S/C7H15NO3/c1-4(2)5(8-3)6(9)7(10)11/h4-6,8-9H,1-3H3,(H,10,11)/t5-,6?/m0/s1. The molecule has 0 aliphatic rings. The van der Waals surface area contributed by atoms with Crippen LogP contribution in [0.25, 0.3) is 0 Å². The molecule has 0 amide bonds. The van der Waals surface area contributed by atoms with E-state index in [1.54, 1.807) is 7.05 Å². The number of aliphatic hydroxyl groups is 1. The van der Waals surface area contributed by atoms with Gasteiger partial charge in [0.1, 0.15) is 0 Å². The van der Waals surface area contributed by atoms with Crippen LogP contribution in [-0.4, -0.2) is 35.4 Å². The Hall–Kier alpha value is -0.610. The topological polar surface area (TPSA) is 69.6 Å². The maximum atomic E-state index is 10.3.